The van der Waals surface area contributed by atoms with Crippen molar-refractivity contribution in [3.8, 4) is 16.8 Å². The second-order valence-electron chi connectivity index (χ2n) is 2.71. The Morgan fingerprint density at radius 1 is 1.36 bits per heavy atom. The predicted molar refractivity (Wildman–Crippen MR) is 49.1 cm³/mol. The van der Waals surface area contributed by atoms with Gasteiger partial charge in [-0.15, -0.1) is 0 Å². The van der Waals surface area contributed by atoms with Crippen molar-refractivity contribution in [2.24, 2.45) is 0 Å². The van der Waals surface area contributed by atoms with E-state index in [0.717, 1.165) is 4.40 Å². The highest BCUT2D eigenvalue weighted by molar-refractivity contribution is 7.19. The van der Waals surface area contributed by atoms with Crippen LogP contribution in [0.2, 0.25) is 0 Å². The molecule has 2 aromatic rings. The van der Waals surface area contributed by atoms with E-state index in [-0.39, 0.29) is 10.5 Å². The van der Waals surface area contributed by atoms with E-state index >= 15 is 0 Å². The minimum Gasteiger partial charge on any atom is -0.496 e. The number of nitrogens with zero attached hydrogens (tertiary/aromatic N) is 2. The van der Waals surface area contributed by atoms with E-state index in [4.69, 9.17) is 5.11 Å². The van der Waals surface area contributed by atoms with Crippen LogP contribution in [-0.4, -0.2) is 24.7 Å². The molecule has 7 heteroatoms. The predicted octanol–water partition coefficient (Wildman–Crippen LogP) is 0.181. The van der Waals surface area contributed by atoms with Crippen LogP contribution in [0, 0.1) is 6.92 Å². The molecule has 0 spiro atoms. The smallest absolute Gasteiger partial charge is 0.268 e. The third kappa shape index (κ3) is 0.956. The molecule has 2 heterocycles. The topological polar surface area (TPSA) is 95.1 Å². The fourth-order valence-corrected chi connectivity index (χ4v) is 1.81. The van der Waals surface area contributed by atoms with E-state index in [9.17, 15) is 15.0 Å². The van der Waals surface area contributed by atoms with Crippen LogP contribution in [0.15, 0.2) is 4.79 Å². The Kier molecular flexibility index (Phi) is 1.65. The number of hydrogen-bond acceptors (Lipinski definition) is 6. The Balaban J connectivity index is 3.07. The van der Waals surface area contributed by atoms with Gasteiger partial charge < -0.3 is 15.3 Å². The molecule has 6 nitrogen and oxygen atoms in total. The lowest BCUT2D eigenvalue weighted by atomic mass is 10.4. The van der Waals surface area contributed by atoms with Gasteiger partial charge >= 0.3 is 0 Å². The molecule has 0 saturated heterocycles. The van der Waals surface area contributed by atoms with Crippen molar-refractivity contribution in [2.45, 2.75) is 6.92 Å². The standard InChI is InChI=1S/C7H6N2O4S/c1-2-3(10)8-7-9(4(2)11)5(12)6(13)14-7/h10,12-13H,1H3. The zero-order valence-corrected chi connectivity index (χ0v) is 7.87. The Labute approximate surface area is 81.3 Å². The Morgan fingerprint density at radius 2 is 2.00 bits per heavy atom. The summed E-state index contributed by atoms with van der Waals surface area (Å²) in [6, 6.07) is 0. The van der Waals surface area contributed by atoms with Gasteiger partial charge in [-0.2, -0.15) is 4.98 Å². The van der Waals surface area contributed by atoms with Crippen LogP contribution in [0.25, 0.3) is 4.96 Å². The summed E-state index contributed by atoms with van der Waals surface area (Å²) in [6.45, 7) is 1.38. The molecule has 2 aromatic heterocycles. The highest BCUT2D eigenvalue weighted by Gasteiger charge is 2.16. The molecule has 14 heavy (non-hydrogen) atoms. The second kappa shape index (κ2) is 2.61. The summed E-state index contributed by atoms with van der Waals surface area (Å²) in [4.78, 5) is 15.2. The minimum atomic E-state index is -0.596. The van der Waals surface area contributed by atoms with Gasteiger partial charge in [-0.3, -0.25) is 4.79 Å². The van der Waals surface area contributed by atoms with E-state index in [1.165, 1.54) is 6.92 Å². The molecular weight excluding hydrogens is 208 g/mol. The second-order valence-corrected chi connectivity index (χ2v) is 3.67. The van der Waals surface area contributed by atoms with Gasteiger partial charge in [0.2, 0.25) is 15.9 Å². The van der Waals surface area contributed by atoms with Crippen LogP contribution >= 0.6 is 11.3 Å². The largest absolute Gasteiger partial charge is 0.496 e. The van der Waals surface area contributed by atoms with Gasteiger partial charge in [-0.05, 0) is 6.92 Å². The number of fused-ring (bicyclic) bond motifs is 1. The van der Waals surface area contributed by atoms with Crippen LogP contribution in [0.3, 0.4) is 0 Å². The van der Waals surface area contributed by atoms with E-state index in [0.29, 0.717) is 11.3 Å². The molecule has 2 rings (SSSR count). The van der Waals surface area contributed by atoms with Gasteiger partial charge in [0.05, 0.1) is 5.56 Å². The molecule has 0 atom stereocenters. The van der Waals surface area contributed by atoms with Crippen molar-refractivity contribution in [1.29, 1.82) is 0 Å². The number of thiazole rings is 1. The van der Waals surface area contributed by atoms with Gasteiger partial charge in [0.15, 0.2) is 0 Å². The summed E-state index contributed by atoms with van der Waals surface area (Å²) in [7, 11) is 0. The highest BCUT2D eigenvalue weighted by atomic mass is 32.1. The van der Waals surface area contributed by atoms with Crippen LogP contribution in [0.4, 0.5) is 0 Å². The first-order chi connectivity index (χ1) is 6.52. The first-order valence-corrected chi connectivity index (χ1v) is 4.47. The molecule has 3 N–H and O–H groups in total. The first kappa shape index (κ1) is 8.82. The summed E-state index contributed by atoms with van der Waals surface area (Å²) in [5, 5.41) is 27.2. The number of aromatic nitrogens is 2. The maximum atomic E-state index is 11.5. The van der Waals surface area contributed by atoms with Crippen LogP contribution in [0.1, 0.15) is 5.56 Å². The fourth-order valence-electron chi connectivity index (χ4n) is 1.06. The molecule has 0 amide bonds. The monoisotopic (exact) mass is 214 g/mol. The zero-order chi connectivity index (χ0) is 10.5. The number of rotatable bonds is 0. The molecule has 0 aliphatic heterocycles. The van der Waals surface area contributed by atoms with Crippen LogP contribution in [-0.2, 0) is 0 Å². The van der Waals surface area contributed by atoms with E-state index < -0.39 is 22.4 Å². The van der Waals surface area contributed by atoms with Gasteiger partial charge in [-0.1, -0.05) is 11.3 Å². The van der Waals surface area contributed by atoms with Crippen LogP contribution < -0.4 is 5.56 Å². The van der Waals surface area contributed by atoms with Crippen molar-refractivity contribution in [3.05, 3.63) is 15.9 Å². The molecule has 0 aliphatic rings. The lowest BCUT2D eigenvalue weighted by Crippen LogP contribution is -2.15. The quantitative estimate of drug-likeness (QED) is 0.581. The normalized spacial score (nSPS) is 10.9. The number of aromatic hydroxyl groups is 3. The maximum Gasteiger partial charge on any atom is 0.268 e. The van der Waals surface area contributed by atoms with Crippen molar-refractivity contribution in [3.63, 3.8) is 0 Å². The SMILES string of the molecule is Cc1c(O)nc2sc(O)c(O)n2c1=O. The fraction of sp³-hybridized carbons (Fsp3) is 0.143. The third-order valence-electron chi connectivity index (χ3n) is 1.84. The maximum absolute atomic E-state index is 11.5. The molecule has 0 fully saturated rings. The van der Waals surface area contributed by atoms with E-state index in [2.05, 4.69) is 4.98 Å². The Morgan fingerprint density at radius 3 is 2.64 bits per heavy atom. The van der Waals surface area contributed by atoms with Crippen molar-refractivity contribution in [1.82, 2.24) is 9.38 Å². The first-order valence-electron chi connectivity index (χ1n) is 3.65. The molecule has 0 unspecified atom stereocenters. The van der Waals surface area contributed by atoms with E-state index in [1.54, 1.807) is 0 Å². The van der Waals surface area contributed by atoms with Crippen molar-refractivity contribution >= 4 is 16.3 Å². The third-order valence-corrected chi connectivity index (χ3v) is 2.68. The summed E-state index contributed by atoms with van der Waals surface area (Å²) in [6.07, 6.45) is 0. The average Bonchev–Trinajstić information content (AvgIpc) is 2.39. The van der Waals surface area contributed by atoms with Crippen molar-refractivity contribution in [2.75, 3.05) is 0 Å². The summed E-state index contributed by atoms with van der Waals surface area (Å²) in [5.74, 6) is -0.943. The minimum absolute atomic E-state index is 0.0237. The summed E-state index contributed by atoms with van der Waals surface area (Å²) >= 11 is 0.713. The molecule has 0 saturated carbocycles. The van der Waals surface area contributed by atoms with E-state index in [1.807, 2.05) is 0 Å². The molecule has 0 bridgehead atoms. The zero-order valence-electron chi connectivity index (χ0n) is 7.05. The van der Waals surface area contributed by atoms with Crippen molar-refractivity contribution < 1.29 is 15.3 Å². The molecular formula is C7H6N2O4S. The van der Waals surface area contributed by atoms with Gasteiger partial charge in [-0.25, -0.2) is 4.40 Å². The van der Waals surface area contributed by atoms with Gasteiger partial charge in [0.25, 0.3) is 11.4 Å². The Bertz CT molecular complexity index is 571. The highest BCUT2D eigenvalue weighted by Crippen LogP contribution is 2.33. The summed E-state index contributed by atoms with van der Waals surface area (Å²) < 4.78 is 0.842. The molecule has 74 valence electrons. The lowest BCUT2D eigenvalue weighted by Gasteiger charge is -1.97. The summed E-state index contributed by atoms with van der Waals surface area (Å²) in [5.41, 5.74) is -0.572. The van der Waals surface area contributed by atoms with Gasteiger partial charge in [0, 0.05) is 0 Å². The van der Waals surface area contributed by atoms with Crippen LogP contribution in [0.5, 0.6) is 16.8 Å². The lowest BCUT2D eigenvalue weighted by molar-refractivity contribution is 0.392. The number of hydrogen-bond donors (Lipinski definition) is 3. The average molecular weight is 214 g/mol. The molecule has 0 radical (unpaired) electrons. The Hall–Kier alpha value is -1.76. The van der Waals surface area contributed by atoms with Gasteiger partial charge in [0.1, 0.15) is 0 Å². The molecule has 0 aliphatic carbocycles. The molecule has 0 aromatic carbocycles.